The number of aryl methyl sites for hydroxylation is 1. The molecule has 25 heavy (non-hydrogen) atoms. The van der Waals surface area contributed by atoms with Gasteiger partial charge in [-0.1, -0.05) is 76.5 Å². The molecule has 5 heteroatoms. The number of hydrogen-bond donors (Lipinski definition) is 2. The highest BCUT2D eigenvalue weighted by atomic mass is 35.5. The van der Waals surface area contributed by atoms with Crippen LogP contribution in [-0.4, -0.2) is 5.84 Å². The molecule has 1 unspecified atom stereocenters. The fraction of sp³-hybridized carbons (Fsp3) is 0.0500. The molecule has 3 aromatic rings. The highest BCUT2D eigenvalue weighted by Gasteiger charge is 2.31. The second kappa shape index (κ2) is 7.38. The van der Waals surface area contributed by atoms with Crippen molar-refractivity contribution in [2.24, 2.45) is 5.10 Å². The van der Waals surface area contributed by atoms with E-state index in [1.54, 1.807) is 0 Å². The summed E-state index contributed by atoms with van der Waals surface area (Å²) in [5.41, 5.74) is 7.89. The fourth-order valence-corrected chi connectivity index (χ4v) is 2.73. The average molecular weight is 351 g/mol. The van der Waals surface area contributed by atoms with E-state index in [-0.39, 0.29) is 12.4 Å². The van der Waals surface area contributed by atoms with Crippen molar-refractivity contribution in [3.05, 3.63) is 96.1 Å². The van der Waals surface area contributed by atoms with E-state index in [0.29, 0.717) is 0 Å². The van der Waals surface area contributed by atoms with Crippen molar-refractivity contribution in [3.8, 4) is 0 Å². The zero-order chi connectivity index (χ0) is 16.4. The number of hydrogen-bond acceptors (Lipinski definition) is 3. The van der Waals surface area contributed by atoms with E-state index < -0.39 is 0 Å². The van der Waals surface area contributed by atoms with Gasteiger partial charge in [-0.15, -0.1) is 0 Å². The van der Waals surface area contributed by atoms with Crippen LogP contribution in [0, 0.1) is 6.92 Å². The van der Waals surface area contributed by atoms with Gasteiger partial charge in [-0.05, 0) is 24.2 Å². The van der Waals surface area contributed by atoms with E-state index in [2.05, 4.69) is 60.9 Å². The van der Waals surface area contributed by atoms with E-state index in [0.717, 1.165) is 27.9 Å². The molecule has 0 aliphatic carbocycles. The van der Waals surface area contributed by atoms with Crippen molar-refractivity contribution in [3.63, 3.8) is 0 Å². The van der Waals surface area contributed by atoms with Crippen LogP contribution in [0.3, 0.4) is 0 Å². The smallest absolute Gasteiger partial charge is 0.215 e. The van der Waals surface area contributed by atoms with Gasteiger partial charge < -0.3 is 12.4 Å². The maximum Gasteiger partial charge on any atom is 0.215 e. The van der Waals surface area contributed by atoms with E-state index in [9.17, 15) is 0 Å². The summed E-state index contributed by atoms with van der Waals surface area (Å²) in [5, 5.41) is 7.80. The Balaban J connectivity index is 0.00000182. The van der Waals surface area contributed by atoms with Gasteiger partial charge in [0.15, 0.2) is 5.69 Å². The molecule has 0 bridgehead atoms. The molecule has 0 saturated carbocycles. The van der Waals surface area contributed by atoms with E-state index in [1.165, 1.54) is 5.56 Å². The Labute approximate surface area is 153 Å². The first-order valence-electron chi connectivity index (χ1n) is 8.01. The van der Waals surface area contributed by atoms with Crippen LogP contribution in [0.5, 0.6) is 0 Å². The molecule has 0 saturated heterocycles. The van der Waals surface area contributed by atoms with Crippen molar-refractivity contribution in [2.75, 3.05) is 5.12 Å². The molecular weight excluding hydrogens is 332 g/mol. The Hall–Kier alpha value is -2.82. The highest BCUT2D eigenvalue weighted by Crippen LogP contribution is 2.14. The second-order valence-electron chi connectivity index (χ2n) is 5.80. The number of para-hydroxylation sites is 1. The SMILES string of the molecule is Cc1ccc([NH+]2N=C(c3ccccc3)NN2c2ccccc2)cc1.[Cl-]. The zero-order valence-corrected chi connectivity index (χ0v) is 14.6. The number of nitrogens with one attached hydrogen (secondary N) is 2. The normalized spacial score (nSPS) is 16.0. The molecular formula is C20H19ClN4. The molecule has 126 valence electrons. The van der Waals surface area contributed by atoms with Gasteiger partial charge in [-0.3, -0.25) is 0 Å². The number of amidine groups is 1. The number of hydrazine groups is 1. The average Bonchev–Trinajstić information content (AvgIpc) is 3.09. The largest absolute Gasteiger partial charge is 1.00 e. The number of anilines is 1. The van der Waals surface area contributed by atoms with Crippen LogP contribution in [0.15, 0.2) is 90.0 Å². The maximum absolute atomic E-state index is 4.86. The van der Waals surface area contributed by atoms with Gasteiger partial charge in [0.05, 0.1) is 0 Å². The van der Waals surface area contributed by atoms with Crippen LogP contribution >= 0.6 is 0 Å². The van der Waals surface area contributed by atoms with Crippen molar-refractivity contribution in [1.29, 1.82) is 0 Å². The molecule has 1 aliphatic heterocycles. The van der Waals surface area contributed by atoms with Crippen LogP contribution in [-0.2, 0) is 0 Å². The minimum absolute atomic E-state index is 0. The molecule has 0 aromatic heterocycles. The molecule has 4 rings (SSSR count). The molecule has 3 aromatic carbocycles. The van der Waals surface area contributed by atoms with Gasteiger partial charge in [0.2, 0.25) is 5.84 Å². The van der Waals surface area contributed by atoms with Gasteiger partial charge in [0, 0.05) is 17.7 Å². The van der Waals surface area contributed by atoms with E-state index in [4.69, 9.17) is 5.10 Å². The minimum Gasteiger partial charge on any atom is -1.00 e. The van der Waals surface area contributed by atoms with Crippen molar-refractivity contribution in [2.45, 2.75) is 6.92 Å². The topological polar surface area (TPSA) is 32.1 Å². The Morgan fingerprint density at radius 2 is 1.40 bits per heavy atom. The second-order valence-corrected chi connectivity index (χ2v) is 5.80. The number of nitrogens with zero attached hydrogens (tertiary/aromatic N) is 2. The summed E-state index contributed by atoms with van der Waals surface area (Å²) < 4.78 is 0. The maximum atomic E-state index is 4.86. The quantitative estimate of drug-likeness (QED) is 0.687. The van der Waals surface area contributed by atoms with E-state index >= 15 is 0 Å². The lowest BCUT2D eigenvalue weighted by Gasteiger charge is -2.21. The Kier molecular flexibility index (Phi) is 5.03. The fourth-order valence-electron chi connectivity index (χ4n) is 2.73. The molecule has 0 amide bonds. The summed E-state index contributed by atoms with van der Waals surface area (Å²) >= 11 is 0. The van der Waals surface area contributed by atoms with Gasteiger partial charge in [-0.25, -0.2) is 5.43 Å². The molecule has 0 radical (unpaired) electrons. The predicted octanol–water partition coefficient (Wildman–Crippen LogP) is -0.183. The first-order chi connectivity index (χ1) is 11.8. The van der Waals surface area contributed by atoms with Crippen LogP contribution in [0.2, 0.25) is 0 Å². The zero-order valence-electron chi connectivity index (χ0n) is 13.9. The molecule has 0 spiro atoms. The Morgan fingerprint density at radius 1 is 0.800 bits per heavy atom. The minimum atomic E-state index is 0. The van der Waals surface area contributed by atoms with Crippen LogP contribution < -0.4 is 28.1 Å². The van der Waals surface area contributed by atoms with Gasteiger partial charge in [0.1, 0.15) is 5.69 Å². The van der Waals surface area contributed by atoms with Gasteiger partial charge in [-0.2, -0.15) is 0 Å². The first kappa shape index (κ1) is 17.0. The standard InChI is InChI=1S/C20H18N4.ClH/c1-16-12-14-19(15-13-16)24-22-20(17-8-4-2-5-9-17)21-23(24)18-10-6-3-7-11-18;/h2-15H,1H3,(H,21,22);1H. The molecule has 1 heterocycles. The molecule has 1 atom stereocenters. The Morgan fingerprint density at radius 3 is 2.04 bits per heavy atom. The molecule has 2 N–H and O–H groups in total. The summed E-state index contributed by atoms with van der Waals surface area (Å²) in [7, 11) is 0. The summed E-state index contributed by atoms with van der Waals surface area (Å²) in [4.78, 5) is 0. The lowest BCUT2D eigenvalue weighted by Crippen LogP contribution is -3.10. The number of quaternary nitrogens is 1. The number of halogens is 1. The van der Waals surface area contributed by atoms with Crippen LogP contribution in [0.4, 0.5) is 11.4 Å². The predicted molar refractivity (Wildman–Crippen MR) is 96.8 cm³/mol. The van der Waals surface area contributed by atoms with Crippen LogP contribution in [0.1, 0.15) is 11.1 Å². The summed E-state index contributed by atoms with van der Waals surface area (Å²) in [6, 6.07) is 28.9. The summed E-state index contributed by atoms with van der Waals surface area (Å²) in [5.74, 6) is 0.857. The first-order valence-corrected chi connectivity index (χ1v) is 8.01. The van der Waals surface area contributed by atoms with Crippen LogP contribution in [0.25, 0.3) is 0 Å². The third-order valence-electron chi connectivity index (χ3n) is 4.02. The monoisotopic (exact) mass is 350 g/mol. The van der Waals surface area contributed by atoms with Gasteiger partial charge in [0.25, 0.3) is 0 Å². The summed E-state index contributed by atoms with van der Waals surface area (Å²) in [6.45, 7) is 2.09. The molecule has 0 fully saturated rings. The van der Waals surface area contributed by atoms with Crippen molar-refractivity contribution >= 4 is 17.2 Å². The lowest BCUT2D eigenvalue weighted by atomic mass is 10.2. The highest BCUT2D eigenvalue weighted by molar-refractivity contribution is 5.99. The number of benzene rings is 3. The van der Waals surface area contributed by atoms with Gasteiger partial charge >= 0.3 is 0 Å². The molecule has 1 aliphatic rings. The number of rotatable bonds is 3. The lowest BCUT2D eigenvalue weighted by molar-refractivity contribution is -0.846. The third-order valence-corrected chi connectivity index (χ3v) is 4.02. The summed E-state index contributed by atoms with van der Waals surface area (Å²) in [6.07, 6.45) is 0. The third kappa shape index (κ3) is 3.50. The molecule has 4 nitrogen and oxygen atoms in total. The van der Waals surface area contributed by atoms with Crippen molar-refractivity contribution < 1.29 is 17.5 Å². The van der Waals surface area contributed by atoms with Crippen molar-refractivity contribution in [1.82, 2.24) is 5.43 Å². The van der Waals surface area contributed by atoms with E-state index in [1.807, 2.05) is 41.5 Å². The Bertz CT molecular complexity index is 848.